The molecule has 114 valence electrons. The molecule has 6 nitrogen and oxygen atoms in total. The van der Waals surface area contributed by atoms with Crippen LogP contribution in [0.25, 0.3) is 0 Å². The first-order valence-electron chi connectivity index (χ1n) is 7.44. The summed E-state index contributed by atoms with van der Waals surface area (Å²) in [5.74, 6) is -0.115. The number of ether oxygens (including phenoxy) is 2. The van der Waals surface area contributed by atoms with E-state index in [9.17, 15) is 9.59 Å². The third kappa shape index (κ3) is 3.30. The molecule has 0 aromatic carbocycles. The second-order valence-corrected chi connectivity index (χ2v) is 5.26. The summed E-state index contributed by atoms with van der Waals surface area (Å²) in [5.41, 5.74) is 0. The van der Waals surface area contributed by atoms with Crippen molar-refractivity contribution in [3.8, 4) is 0 Å². The van der Waals surface area contributed by atoms with Gasteiger partial charge < -0.3 is 14.4 Å². The van der Waals surface area contributed by atoms with Gasteiger partial charge in [0.25, 0.3) is 0 Å². The number of carbonyl (C=O) groups excluding carboxylic acids is 2. The largest absolute Gasteiger partial charge is 0.465 e. The first-order chi connectivity index (χ1) is 9.65. The van der Waals surface area contributed by atoms with Crippen LogP contribution in [0.15, 0.2) is 0 Å². The maximum absolute atomic E-state index is 12.5. The van der Waals surface area contributed by atoms with Crippen LogP contribution in [0.4, 0.5) is 0 Å². The average molecular weight is 284 g/mol. The van der Waals surface area contributed by atoms with Crippen molar-refractivity contribution in [1.29, 1.82) is 0 Å². The van der Waals surface area contributed by atoms with Crippen molar-refractivity contribution < 1.29 is 19.1 Å². The average Bonchev–Trinajstić information content (AvgIpc) is 2.96. The summed E-state index contributed by atoms with van der Waals surface area (Å²) >= 11 is 0. The van der Waals surface area contributed by atoms with Crippen LogP contribution >= 0.6 is 0 Å². The molecule has 0 spiro atoms. The highest BCUT2D eigenvalue weighted by Gasteiger charge is 2.38. The molecular weight excluding hydrogens is 260 g/mol. The Labute approximate surface area is 120 Å². The van der Waals surface area contributed by atoms with Crippen molar-refractivity contribution in [3.63, 3.8) is 0 Å². The van der Waals surface area contributed by atoms with Crippen LogP contribution in [0.5, 0.6) is 0 Å². The predicted octanol–water partition coefficient (Wildman–Crippen LogP) is 0.261. The van der Waals surface area contributed by atoms with Gasteiger partial charge in [-0.2, -0.15) is 0 Å². The zero-order valence-corrected chi connectivity index (χ0v) is 12.3. The van der Waals surface area contributed by atoms with E-state index in [0.717, 1.165) is 19.4 Å². The zero-order valence-electron chi connectivity index (χ0n) is 12.3. The molecule has 2 saturated heterocycles. The Morgan fingerprint density at radius 2 is 2.00 bits per heavy atom. The fourth-order valence-corrected chi connectivity index (χ4v) is 2.93. The first kappa shape index (κ1) is 15.3. The SMILES string of the molecule is CCOC(=O)C1CCCN1C(C)C(=O)N1CCOCC1. The van der Waals surface area contributed by atoms with Crippen molar-refractivity contribution in [2.24, 2.45) is 0 Å². The van der Waals surface area contributed by atoms with E-state index >= 15 is 0 Å². The van der Waals surface area contributed by atoms with Gasteiger partial charge >= 0.3 is 5.97 Å². The van der Waals surface area contributed by atoms with Gasteiger partial charge in [0.2, 0.25) is 5.91 Å². The lowest BCUT2D eigenvalue weighted by Gasteiger charge is -2.34. The minimum absolute atomic E-state index is 0.0875. The minimum atomic E-state index is -0.273. The van der Waals surface area contributed by atoms with Gasteiger partial charge in [-0.25, -0.2) is 0 Å². The van der Waals surface area contributed by atoms with Gasteiger partial charge in [0, 0.05) is 13.1 Å². The van der Waals surface area contributed by atoms with E-state index in [1.807, 2.05) is 16.7 Å². The number of likely N-dealkylation sites (tertiary alicyclic amines) is 1. The van der Waals surface area contributed by atoms with E-state index < -0.39 is 0 Å². The molecule has 0 aromatic rings. The molecule has 20 heavy (non-hydrogen) atoms. The van der Waals surface area contributed by atoms with Crippen molar-refractivity contribution >= 4 is 11.9 Å². The Balaban J connectivity index is 1.97. The van der Waals surface area contributed by atoms with Crippen molar-refractivity contribution in [2.45, 2.75) is 38.8 Å². The predicted molar refractivity (Wildman–Crippen MR) is 73.2 cm³/mol. The second-order valence-electron chi connectivity index (χ2n) is 5.26. The summed E-state index contributed by atoms with van der Waals surface area (Å²) in [6, 6.07) is -0.542. The molecule has 6 heteroatoms. The molecule has 0 N–H and O–H groups in total. The summed E-state index contributed by atoms with van der Waals surface area (Å²) < 4.78 is 10.4. The monoisotopic (exact) mass is 284 g/mol. The fraction of sp³-hybridized carbons (Fsp3) is 0.857. The number of morpholine rings is 1. The van der Waals surface area contributed by atoms with Crippen molar-refractivity contribution in [1.82, 2.24) is 9.80 Å². The van der Waals surface area contributed by atoms with Gasteiger partial charge in [0.15, 0.2) is 0 Å². The normalized spacial score (nSPS) is 25.5. The fourth-order valence-electron chi connectivity index (χ4n) is 2.93. The Bertz CT molecular complexity index is 355. The van der Waals surface area contributed by atoms with Gasteiger partial charge in [-0.05, 0) is 33.2 Å². The molecule has 2 atom stereocenters. The van der Waals surface area contributed by atoms with Crippen LogP contribution in [-0.4, -0.2) is 73.2 Å². The Kier molecular flexibility index (Phi) is 5.37. The zero-order chi connectivity index (χ0) is 14.5. The van der Waals surface area contributed by atoms with E-state index in [2.05, 4.69) is 0 Å². The smallest absolute Gasteiger partial charge is 0.323 e. The minimum Gasteiger partial charge on any atom is -0.465 e. The Hall–Kier alpha value is -1.14. The van der Waals surface area contributed by atoms with E-state index in [1.54, 1.807) is 6.92 Å². The molecular formula is C14H24N2O4. The van der Waals surface area contributed by atoms with E-state index in [0.29, 0.717) is 32.9 Å². The number of esters is 1. The highest BCUT2D eigenvalue weighted by atomic mass is 16.5. The number of rotatable bonds is 4. The lowest BCUT2D eigenvalue weighted by atomic mass is 10.1. The maximum atomic E-state index is 12.5. The molecule has 2 fully saturated rings. The van der Waals surface area contributed by atoms with Crippen LogP contribution in [0.1, 0.15) is 26.7 Å². The molecule has 2 heterocycles. The van der Waals surface area contributed by atoms with Gasteiger partial charge in [0.1, 0.15) is 6.04 Å². The lowest BCUT2D eigenvalue weighted by Crippen LogP contribution is -2.53. The summed E-state index contributed by atoms with van der Waals surface area (Å²) in [4.78, 5) is 28.2. The number of hydrogen-bond acceptors (Lipinski definition) is 5. The van der Waals surface area contributed by atoms with Gasteiger partial charge in [-0.15, -0.1) is 0 Å². The summed E-state index contributed by atoms with van der Waals surface area (Å²) in [6.07, 6.45) is 1.71. The molecule has 0 aliphatic carbocycles. The van der Waals surface area contributed by atoms with Crippen LogP contribution in [0.3, 0.4) is 0 Å². The molecule has 0 bridgehead atoms. The lowest BCUT2D eigenvalue weighted by molar-refractivity contribution is -0.151. The second kappa shape index (κ2) is 7.04. The molecule has 2 aliphatic heterocycles. The molecule has 0 aromatic heterocycles. The van der Waals surface area contributed by atoms with E-state index in [4.69, 9.17) is 9.47 Å². The van der Waals surface area contributed by atoms with Crippen LogP contribution in [0, 0.1) is 0 Å². The van der Waals surface area contributed by atoms with E-state index in [-0.39, 0.29) is 24.0 Å². The molecule has 2 unspecified atom stereocenters. The topological polar surface area (TPSA) is 59.1 Å². The van der Waals surface area contributed by atoms with Crippen LogP contribution in [-0.2, 0) is 19.1 Å². The molecule has 0 saturated carbocycles. The quantitative estimate of drug-likeness (QED) is 0.693. The van der Waals surface area contributed by atoms with Gasteiger partial charge in [0.05, 0.1) is 25.9 Å². The van der Waals surface area contributed by atoms with Gasteiger partial charge in [-0.3, -0.25) is 14.5 Å². The molecule has 2 aliphatic rings. The van der Waals surface area contributed by atoms with E-state index in [1.165, 1.54) is 0 Å². The van der Waals surface area contributed by atoms with Crippen molar-refractivity contribution in [2.75, 3.05) is 39.5 Å². The molecule has 0 radical (unpaired) electrons. The third-order valence-electron chi connectivity index (χ3n) is 4.03. The molecule has 2 rings (SSSR count). The Morgan fingerprint density at radius 1 is 1.30 bits per heavy atom. The number of nitrogens with zero attached hydrogens (tertiary/aromatic N) is 2. The summed E-state index contributed by atoms with van der Waals surface area (Å²) in [5, 5.41) is 0. The first-order valence-corrected chi connectivity index (χ1v) is 7.44. The standard InChI is InChI=1S/C14H24N2O4/c1-3-20-14(18)12-5-4-6-16(12)11(2)13(17)15-7-9-19-10-8-15/h11-12H,3-10H2,1-2H3. The molecule has 1 amide bonds. The van der Waals surface area contributed by atoms with Gasteiger partial charge in [-0.1, -0.05) is 0 Å². The highest BCUT2D eigenvalue weighted by molar-refractivity contribution is 5.83. The number of amides is 1. The van der Waals surface area contributed by atoms with Crippen LogP contribution in [0.2, 0.25) is 0 Å². The maximum Gasteiger partial charge on any atom is 0.323 e. The van der Waals surface area contributed by atoms with Crippen molar-refractivity contribution in [3.05, 3.63) is 0 Å². The Morgan fingerprint density at radius 3 is 2.65 bits per heavy atom. The third-order valence-corrected chi connectivity index (χ3v) is 4.03. The number of hydrogen-bond donors (Lipinski definition) is 0. The summed E-state index contributed by atoms with van der Waals surface area (Å²) in [7, 11) is 0. The van der Waals surface area contributed by atoms with Crippen LogP contribution < -0.4 is 0 Å². The number of carbonyl (C=O) groups is 2. The highest BCUT2D eigenvalue weighted by Crippen LogP contribution is 2.22. The summed E-state index contributed by atoms with van der Waals surface area (Å²) in [6.45, 7) is 7.33.